The molecule has 2 heteroatoms. The summed E-state index contributed by atoms with van der Waals surface area (Å²) >= 11 is 0. The van der Waals surface area contributed by atoms with Crippen molar-refractivity contribution in [2.24, 2.45) is 0 Å². The summed E-state index contributed by atoms with van der Waals surface area (Å²) in [5, 5.41) is 5.20. The average molecular weight is 491 g/mol. The third-order valence-corrected chi connectivity index (χ3v) is 7.90. The molecule has 0 bridgehead atoms. The van der Waals surface area contributed by atoms with Gasteiger partial charge in [0, 0.05) is 44.8 Å². The molecule has 5 aromatic carbocycles. The molecule has 0 radical (unpaired) electrons. The topological polar surface area (TPSA) is 9.86 Å². The highest BCUT2D eigenvalue weighted by molar-refractivity contribution is 6.12. The quantitative estimate of drug-likeness (QED) is 0.219. The number of hydrogen-bond acceptors (Lipinski definition) is 0. The molecule has 0 atom stereocenters. The smallest absolute Gasteiger partial charge is 0.0541 e. The van der Waals surface area contributed by atoms with E-state index >= 15 is 0 Å². The van der Waals surface area contributed by atoms with Crippen LogP contribution in [0.15, 0.2) is 116 Å². The normalized spacial score (nSPS) is 11.7. The lowest BCUT2D eigenvalue weighted by Crippen LogP contribution is -1.98. The van der Waals surface area contributed by atoms with Crippen molar-refractivity contribution >= 4 is 49.7 Å². The largest absolute Gasteiger partial charge is 0.340 e. The molecule has 7 aromatic rings. The minimum atomic E-state index is 1.03. The predicted molar refractivity (Wildman–Crippen MR) is 164 cm³/mol. The number of aryl methyl sites for hydroxylation is 1. The number of rotatable bonds is 6. The van der Waals surface area contributed by atoms with Gasteiger partial charge in [-0.1, -0.05) is 92.7 Å². The Balaban J connectivity index is 1.49. The molecule has 2 nitrogen and oxygen atoms in total. The van der Waals surface area contributed by atoms with E-state index in [2.05, 4.69) is 132 Å². The molecule has 0 aliphatic carbocycles. The Hall–Kier alpha value is -4.56. The molecule has 7 rings (SSSR count). The van der Waals surface area contributed by atoms with Crippen LogP contribution in [0.2, 0.25) is 0 Å². The number of para-hydroxylation sites is 2. The van der Waals surface area contributed by atoms with Gasteiger partial charge in [-0.15, -0.1) is 0 Å². The Labute approximate surface area is 223 Å². The molecule has 0 saturated carbocycles. The van der Waals surface area contributed by atoms with E-state index in [4.69, 9.17) is 0 Å². The van der Waals surface area contributed by atoms with Crippen molar-refractivity contribution in [3.63, 3.8) is 0 Å². The summed E-state index contributed by atoms with van der Waals surface area (Å²) in [6.07, 6.45) is 4.23. The molecular weight excluding hydrogens is 460 g/mol. The molecule has 0 spiro atoms. The lowest BCUT2D eigenvalue weighted by Gasteiger charge is -2.10. The minimum Gasteiger partial charge on any atom is -0.340 e. The summed E-state index contributed by atoms with van der Waals surface area (Å²) in [7, 11) is 0. The summed E-state index contributed by atoms with van der Waals surface area (Å²) in [5.74, 6) is 0. The number of fused-ring (bicyclic) bond motifs is 6. The maximum atomic E-state index is 3.90. The molecule has 0 unspecified atom stereocenters. The molecule has 0 amide bonds. The van der Waals surface area contributed by atoms with E-state index in [0.29, 0.717) is 0 Å². The first-order chi connectivity index (χ1) is 18.8. The zero-order valence-corrected chi connectivity index (χ0v) is 21.7. The van der Waals surface area contributed by atoms with Crippen LogP contribution in [0.1, 0.15) is 25.3 Å². The second kappa shape index (κ2) is 9.08. The third kappa shape index (κ3) is 3.48. The van der Waals surface area contributed by atoms with Crippen LogP contribution in [0.5, 0.6) is 0 Å². The van der Waals surface area contributed by atoms with Crippen LogP contribution in [-0.4, -0.2) is 9.13 Å². The average Bonchev–Trinajstić information content (AvgIpc) is 3.48. The Morgan fingerprint density at radius 2 is 1.21 bits per heavy atom. The fraction of sp³-hybridized carbons (Fsp3) is 0.111. The SMILES string of the molecule is C=Cc1ccc(-c2ccc3c(c2)c2cc(-n4c5ccccc5c5ccccc54)ccc2n3CCCC)cc1. The lowest BCUT2D eigenvalue weighted by atomic mass is 10.0. The number of nitrogens with zero attached hydrogens (tertiary/aromatic N) is 2. The van der Waals surface area contributed by atoms with Gasteiger partial charge in [-0.25, -0.2) is 0 Å². The number of unbranched alkanes of at least 4 members (excludes halogenated alkanes) is 1. The first kappa shape index (κ1) is 22.6. The Morgan fingerprint density at radius 3 is 1.87 bits per heavy atom. The maximum Gasteiger partial charge on any atom is 0.0541 e. The third-order valence-electron chi connectivity index (χ3n) is 7.90. The van der Waals surface area contributed by atoms with Gasteiger partial charge in [0.2, 0.25) is 0 Å². The molecule has 0 fully saturated rings. The molecule has 0 aliphatic heterocycles. The maximum absolute atomic E-state index is 3.90. The van der Waals surface area contributed by atoms with Gasteiger partial charge in [-0.2, -0.15) is 0 Å². The molecule has 0 N–H and O–H groups in total. The Morgan fingerprint density at radius 1 is 0.605 bits per heavy atom. The van der Waals surface area contributed by atoms with Crippen molar-refractivity contribution in [1.82, 2.24) is 9.13 Å². The fourth-order valence-electron chi connectivity index (χ4n) is 5.98. The van der Waals surface area contributed by atoms with E-state index in [1.807, 2.05) is 6.08 Å². The van der Waals surface area contributed by atoms with E-state index in [1.165, 1.54) is 66.8 Å². The van der Waals surface area contributed by atoms with Gasteiger partial charge in [-0.05, 0) is 65.6 Å². The van der Waals surface area contributed by atoms with Crippen LogP contribution >= 0.6 is 0 Å². The zero-order valence-electron chi connectivity index (χ0n) is 21.7. The summed E-state index contributed by atoms with van der Waals surface area (Å²) < 4.78 is 4.92. The van der Waals surface area contributed by atoms with Gasteiger partial charge in [0.1, 0.15) is 0 Å². The molecule has 2 heterocycles. The molecule has 2 aromatic heterocycles. The molecular formula is C36H30N2. The fourth-order valence-corrected chi connectivity index (χ4v) is 5.98. The van der Waals surface area contributed by atoms with E-state index in [9.17, 15) is 0 Å². The lowest BCUT2D eigenvalue weighted by molar-refractivity contribution is 0.665. The van der Waals surface area contributed by atoms with E-state index in [1.54, 1.807) is 0 Å². The second-order valence-electron chi connectivity index (χ2n) is 10.1. The Kier molecular flexibility index (Phi) is 5.40. The number of hydrogen-bond donors (Lipinski definition) is 0. The number of aromatic nitrogens is 2. The van der Waals surface area contributed by atoms with Crippen LogP contribution in [0, 0.1) is 0 Å². The molecule has 38 heavy (non-hydrogen) atoms. The second-order valence-corrected chi connectivity index (χ2v) is 10.1. The standard InChI is InChI=1S/C36H30N2/c1-3-5-22-37-33-20-18-27(26-16-14-25(4-2)15-17-26)23-31(33)32-24-28(19-21-34(32)37)38-35-12-8-6-10-29(35)30-11-7-9-13-36(30)38/h4,6-21,23-24H,2-3,5,22H2,1H3. The van der Waals surface area contributed by atoms with Crippen molar-refractivity contribution in [2.75, 3.05) is 0 Å². The van der Waals surface area contributed by atoms with E-state index in [-0.39, 0.29) is 0 Å². The van der Waals surface area contributed by atoms with Crippen molar-refractivity contribution in [2.45, 2.75) is 26.3 Å². The minimum absolute atomic E-state index is 1.03. The molecule has 0 saturated heterocycles. The van der Waals surface area contributed by atoms with Gasteiger partial charge in [0.05, 0.1) is 11.0 Å². The highest BCUT2D eigenvalue weighted by atomic mass is 15.0. The van der Waals surface area contributed by atoms with Crippen molar-refractivity contribution < 1.29 is 0 Å². The highest BCUT2D eigenvalue weighted by Crippen LogP contribution is 2.37. The number of benzene rings is 5. The summed E-state index contributed by atoms with van der Waals surface area (Å²) in [6.45, 7) is 7.19. The predicted octanol–water partition coefficient (Wildman–Crippen LogP) is 10.0. The first-order valence-corrected chi connectivity index (χ1v) is 13.5. The van der Waals surface area contributed by atoms with Crippen molar-refractivity contribution in [1.29, 1.82) is 0 Å². The van der Waals surface area contributed by atoms with Crippen LogP contribution < -0.4 is 0 Å². The van der Waals surface area contributed by atoms with E-state index < -0.39 is 0 Å². The molecule has 184 valence electrons. The van der Waals surface area contributed by atoms with Crippen LogP contribution in [0.25, 0.3) is 66.5 Å². The monoisotopic (exact) mass is 490 g/mol. The van der Waals surface area contributed by atoms with E-state index in [0.717, 1.165) is 18.5 Å². The summed E-state index contributed by atoms with van der Waals surface area (Å²) in [4.78, 5) is 0. The van der Waals surface area contributed by atoms with Gasteiger partial charge < -0.3 is 9.13 Å². The van der Waals surface area contributed by atoms with Gasteiger partial charge in [-0.3, -0.25) is 0 Å². The van der Waals surface area contributed by atoms with Gasteiger partial charge in [0.15, 0.2) is 0 Å². The summed E-state index contributed by atoms with van der Waals surface area (Å²) in [5.41, 5.74) is 9.90. The van der Waals surface area contributed by atoms with Crippen LogP contribution in [0.3, 0.4) is 0 Å². The van der Waals surface area contributed by atoms with Crippen LogP contribution in [-0.2, 0) is 6.54 Å². The van der Waals surface area contributed by atoms with Crippen LogP contribution in [0.4, 0.5) is 0 Å². The summed E-state index contributed by atoms with van der Waals surface area (Å²) in [6, 6.07) is 40.1. The van der Waals surface area contributed by atoms with Crippen molar-refractivity contribution in [3.8, 4) is 16.8 Å². The first-order valence-electron chi connectivity index (χ1n) is 13.5. The molecule has 0 aliphatic rings. The van der Waals surface area contributed by atoms with Gasteiger partial charge in [0.25, 0.3) is 0 Å². The van der Waals surface area contributed by atoms with Gasteiger partial charge >= 0.3 is 0 Å². The van der Waals surface area contributed by atoms with Crippen molar-refractivity contribution in [3.05, 3.63) is 121 Å². The highest BCUT2D eigenvalue weighted by Gasteiger charge is 2.16. The Bertz CT molecular complexity index is 1910. The zero-order chi connectivity index (χ0) is 25.6.